The quantitative estimate of drug-likeness (QED) is 0.638. The number of aromatic amines is 3. The number of rotatable bonds is 4. The van der Waals surface area contributed by atoms with Crippen LogP contribution in [0.5, 0.6) is 0 Å². The van der Waals surface area contributed by atoms with Crippen LogP contribution in [0, 0.1) is 0 Å². The lowest BCUT2D eigenvalue weighted by atomic mass is 9.90. The van der Waals surface area contributed by atoms with Crippen molar-refractivity contribution < 1.29 is 0 Å². The molecule has 0 fully saturated rings. The van der Waals surface area contributed by atoms with Crippen LogP contribution in [0.3, 0.4) is 0 Å². The first kappa shape index (κ1) is 20.1. The van der Waals surface area contributed by atoms with Crippen LogP contribution in [0.15, 0.2) is 52.8 Å². The van der Waals surface area contributed by atoms with E-state index in [1.807, 2.05) is 51.1 Å². The van der Waals surface area contributed by atoms with E-state index in [9.17, 15) is 9.59 Å². The lowest BCUT2D eigenvalue weighted by Gasteiger charge is -2.16. The fourth-order valence-corrected chi connectivity index (χ4v) is 2.91. The summed E-state index contributed by atoms with van der Waals surface area (Å²) in [4.78, 5) is 37.5. The van der Waals surface area contributed by atoms with E-state index in [1.54, 1.807) is 30.6 Å². The van der Waals surface area contributed by atoms with Crippen molar-refractivity contribution in [2.24, 2.45) is 0 Å². The minimum Gasteiger partial charge on any atom is -0.348 e. The molecule has 29 heavy (non-hydrogen) atoms. The van der Waals surface area contributed by atoms with Gasteiger partial charge in [-0.25, -0.2) is 4.98 Å². The molecule has 2 heterocycles. The summed E-state index contributed by atoms with van der Waals surface area (Å²) in [5, 5.41) is 0.341. The first-order valence-electron chi connectivity index (χ1n) is 9.27. The smallest absolute Gasteiger partial charge is 0.272 e. The SMILES string of the molecule is C=Cc1cccc(/C=C/C=c2\[nH]c(=O)/c(=C/c3nc[nH]c3C(C)(C)C)[nH]c2=O)c1. The highest BCUT2D eigenvalue weighted by atomic mass is 16.1. The number of hydrogen-bond acceptors (Lipinski definition) is 3. The summed E-state index contributed by atoms with van der Waals surface area (Å²) in [6.07, 6.45) is 10.1. The maximum atomic E-state index is 12.4. The molecule has 0 amide bonds. The number of imidazole rings is 1. The minimum absolute atomic E-state index is 0.160. The number of nitrogens with one attached hydrogen (secondary N) is 3. The van der Waals surface area contributed by atoms with E-state index >= 15 is 0 Å². The van der Waals surface area contributed by atoms with E-state index in [2.05, 4.69) is 26.5 Å². The molecule has 0 saturated heterocycles. The molecular formula is C23H24N4O2. The molecule has 148 valence electrons. The molecule has 3 rings (SSSR count). The molecule has 0 radical (unpaired) electrons. The van der Waals surface area contributed by atoms with Gasteiger partial charge in [-0.05, 0) is 29.3 Å². The van der Waals surface area contributed by atoms with Crippen molar-refractivity contribution in [2.45, 2.75) is 26.2 Å². The van der Waals surface area contributed by atoms with E-state index in [0.29, 0.717) is 5.69 Å². The second kappa shape index (κ2) is 8.14. The molecule has 0 saturated carbocycles. The molecule has 2 aromatic heterocycles. The monoisotopic (exact) mass is 388 g/mol. The highest BCUT2D eigenvalue weighted by Gasteiger charge is 2.19. The van der Waals surface area contributed by atoms with Crippen molar-refractivity contribution in [2.75, 3.05) is 0 Å². The van der Waals surface area contributed by atoms with Crippen molar-refractivity contribution in [3.8, 4) is 0 Å². The van der Waals surface area contributed by atoms with E-state index < -0.39 is 0 Å². The molecule has 3 N–H and O–H groups in total. The Morgan fingerprint density at radius 2 is 1.72 bits per heavy atom. The molecule has 0 aliphatic rings. The third-order valence-corrected chi connectivity index (χ3v) is 4.38. The van der Waals surface area contributed by atoms with Crippen LogP contribution < -0.4 is 21.8 Å². The van der Waals surface area contributed by atoms with Crippen LogP contribution in [-0.4, -0.2) is 19.9 Å². The van der Waals surface area contributed by atoms with Crippen molar-refractivity contribution >= 4 is 24.3 Å². The van der Waals surface area contributed by atoms with Gasteiger partial charge < -0.3 is 15.0 Å². The standard InChI is InChI=1S/C23H24N4O2/c1-5-15-8-6-9-16(12-15)10-7-11-17-21(28)27-19(22(29)26-17)13-18-20(23(2,3)4)25-14-24-18/h5-14H,1H2,2-4H3,(H,24,25)(H,26,29)(H,27,28)/b10-7+,17-11-,19-13-. The highest BCUT2D eigenvalue weighted by molar-refractivity contribution is 5.61. The first-order chi connectivity index (χ1) is 13.8. The van der Waals surface area contributed by atoms with Gasteiger partial charge in [0.05, 0.1) is 12.0 Å². The van der Waals surface area contributed by atoms with Crippen molar-refractivity contribution in [1.29, 1.82) is 0 Å². The molecule has 6 nitrogen and oxygen atoms in total. The predicted octanol–water partition coefficient (Wildman–Crippen LogP) is 2.05. The van der Waals surface area contributed by atoms with Gasteiger partial charge in [-0.2, -0.15) is 0 Å². The van der Waals surface area contributed by atoms with Gasteiger partial charge in [0.25, 0.3) is 11.1 Å². The highest BCUT2D eigenvalue weighted by Crippen LogP contribution is 2.22. The molecule has 0 bridgehead atoms. The number of benzene rings is 1. The molecule has 0 aliphatic carbocycles. The zero-order chi connectivity index (χ0) is 21.0. The van der Waals surface area contributed by atoms with Crippen molar-refractivity contribution in [3.63, 3.8) is 0 Å². The maximum Gasteiger partial charge on any atom is 0.272 e. The van der Waals surface area contributed by atoms with Crippen LogP contribution in [0.2, 0.25) is 0 Å². The normalized spacial score (nSPS) is 13.3. The number of nitrogens with zero attached hydrogens (tertiary/aromatic N) is 1. The van der Waals surface area contributed by atoms with Gasteiger partial charge in [0.2, 0.25) is 0 Å². The van der Waals surface area contributed by atoms with Crippen molar-refractivity contribution in [1.82, 2.24) is 19.9 Å². The summed E-state index contributed by atoms with van der Waals surface area (Å²) in [5.74, 6) is 0. The largest absolute Gasteiger partial charge is 0.348 e. The Balaban J connectivity index is 1.98. The van der Waals surface area contributed by atoms with Gasteiger partial charge in [-0.1, -0.05) is 63.8 Å². The topological polar surface area (TPSA) is 94.4 Å². The second-order valence-electron chi connectivity index (χ2n) is 7.69. The summed E-state index contributed by atoms with van der Waals surface area (Å²) in [7, 11) is 0. The first-order valence-corrected chi connectivity index (χ1v) is 9.27. The van der Waals surface area contributed by atoms with Gasteiger partial charge in [0, 0.05) is 11.1 Å². The summed E-state index contributed by atoms with van der Waals surface area (Å²) < 4.78 is 0. The molecule has 6 heteroatoms. The van der Waals surface area contributed by atoms with Crippen LogP contribution in [0.25, 0.3) is 24.3 Å². The predicted molar refractivity (Wildman–Crippen MR) is 118 cm³/mol. The molecule has 1 aromatic carbocycles. The molecular weight excluding hydrogens is 364 g/mol. The fraction of sp³-hybridized carbons (Fsp3) is 0.174. The van der Waals surface area contributed by atoms with Crippen molar-refractivity contribution in [3.05, 3.63) is 97.2 Å². The lowest BCUT2D eigenvalue weighted by molar-refractivity contribution is 0.571. The zero-order valence-corrected chi connectivity index (χ0v) is 16.7. The van der Waals surface area contributed by atoms with Gasteiger partial charge in [-0.3, -0.25) is 9.59 Å². The second-order valence-corrected chi connectivity index (χ2v) is 7.69. The van der Waals surface area contributed by atoms with Crippen LogP contribution in [0.1, 0.15) is 43.3 Å². The lowest BCUT2D eigenvalue weighted by Crippen LogP contribution is -2.46. The average Bonchev–Trinajstić information content (AvgIpc) is 3.14. The fourth-order valence-electron chi connectivity index (χ4n) is 2.91. The Morgan fingerprint density at radius 3 is 2.45 bits per heavy atom. The third-order valence-electron chi connectivity index (χ3n) is 4.38. The van der Waals surface area contributed by atoms with Gasteiger partial charge in [0.15, 0.2) is 0 Å². The van der Waals surface area contributed by atoms with Gasteiger partial charge in [0.1, 0.15) is 10.7 Å². The number of H-pyrrole nitrogens is 3. The van der Waals surface area contributed by atoms with E-state index in [4.69, 9.17) is 0 Å². The van der Waals surface area contributed by atoms with E-state index in [0.717, 1.165) is 16.8 Å². The van der Waals surface area contributed by atoms with Crippen LogP contribution in [-0.2, 0) is 5.41 Å². The molecule has 3 aromatic rings. The Labute approximate surface area is 168 Å². The summed E-state index contributed by atoms with van der Waals surface area (Å²) in [6.45, 7) is 9.87. The van der Waals surface area contributed by atoms with Crippen LogP contribution >= 0.6 is 0 Å². The van der Waals surface area contributed by atoms with E-state index in [1.165, 1.54) is 0 Å². The average molecular weight is 388 g/mol. The number of aromatic nitrogens is 4. The molecule has 0 atom stereocenters. The zero-order valence-electron chi connectivity index (χ0n) is 16.7. The Morgan fingerprint density at radius 1 is 1.03 bits per heavy atom. The Hall–Kier alpha value is -3.67. The number of allylic oxidation sites excluding steroid dienone is 1. The Bertz CT molecular complexity index is 1300. The van der Waals surface area contributed by atoms with Crippen LogP contribution in [0.4, 0.5) is 0 Å². The van der Waals surface area contributed by atoms with Gasteiger partial charge in [-0.15, -0.1) is 0 Å². The number of hydrogen-bond donors (Lipinski definition) is 3. The third kappa shape index (κ3) is 4.79. The molecule has 0 aliphatic heterocycles. The summed E-state index contributed by atoms with van der Waals surface area (Å²) in [5.41, 5.74) is 2.54. The molecule has 0 spiro atoms. The van der Waals surface area contributed by atoms with E-state index in [-0.39, 0.29) is 27.2 Å². The Kier molecular flexibility index (Phi) is 5.64. The summed E-state index contributed by atoms with van der Waals surface area (Å²) in [6, 6.07) is 7.80. The maximum absolute atomic E-state index is 12.4. The van der Waals surface area contributed by atoms with Gasteiger partial charge >= 0.3 is 0 Å². The summed E-state index contributed by atoms with van der Waals surface area (Å²) >= 11 is 0. The minimum atomic E-state index is -0.388. The molecule has 0 unspecified atom stereocenters.